The first-order valence-electron chi connectivity index (χ1n) is 7.01. The number of aromatic nitrogens is 2. The number of imidazole rings is 1. The van der Waals surface area contributed by atoms with Crippen LogP contribution in [0.15, 0.2) is 11.2 Å². The van der Waals surface area contributed by atoms with Crippen molar-refractivity contribution >= 4 is 10.0 Å². The Morgan fingerprint density at radius 3 is 2.55 bits per heavy atom. The minimum Gasteiger partial charge on any atom is -0.389 e. The fourth-order valence-electron chi connectivity index (χ4n) is 2.77. The Hall–Kier alpha value is -0.920. The molecule has 114 valence electrons. The van der Waals surface area contributed by atoms with Gasteiger partial charge in [0.1, 0.15) is 5.82 Å². The van der Waals surface area contributed by atoms with Crippen LogP contribution in [0, 0.1) is 6.92 Å². The second kappa shape index (κ2) is 5.46. The molecule has 2 rings (SSSR count). The fourth-order valence-corrected chi connectivity index (χ4v) is 4.01. The Morgan fingerprint density at radius 1 is 1.45 bits per heavy atom. The second-order valence-electron chi connectivity index (χ2n) is 5.60. The number of sulfonamides is 1. The van der Waals surface area contributed by atoms with Crippen molar-refractivity contribution in [2.75, 3.05) is 13.6 Å². The highest BCUT2D eigenvalue weighted by molar-refractivity contribution is 7.89. The van der Waals surface area contributed by atoms with E-state index in [0.717, 1.165) is 12.8 Å². The van der Waals surface area contributed by atoms with Crippen molar-refractivity contribution < 1.29 is 13.5 Å². The zero-order valence-electron chi connectivity index (χ0n) is 12.3. The SMILES string of the molecule is CCn1cc(S(=O)(=O)N(C)CC2(O)CCCC2)nc1C. The first-order chi connectivity index (χ1) is 9.28. The summed E-state index contributed by atoms with van der Waals surface area (Å²) in [6.07, 6.45) is 4.78. The van der Waals surface area contributed by atoms with Crippen LogP contribution in [0.3, 0.4) is 0 Å². The van der Waals surface area contributed by atoms with Crippen LogP contribution < -0.4 is 0 Å². The molecule has 0 saturated heterocycles. The maximum absolute atomic E-state index is 12.5. The van der Waals surface area contributed by atoms with Crippen LogP contribution >= 0.6 is 0 Å². The van der Waals surface area contributed by atoms with E-state index >= 15 is 0 Å². The van der Waals surface area contributed by atoms with E-state index in [0.29, 0.717) is 25.2 Å². The Labute approximate surface area is 120 Å². The standard InChI is InChI=1S/C13H23N3O3S/c1-4-16-9-12(14-11(16)2)20(18,19)15(3)10-13(17)7-5-6-8-13/h9,17H,4-8,10H2,1-3H3. The van der Waals surface area contributed by atoms with Crippen LogP contribution in [0.25, 0.3) is 0 Å². The first-order valence-corrected chi connectivity index (χ1v) is 8.45. The van der Waals surface area contributed by atoms with Gasteiger partial charge >= 0.3 is 0 Å². The number of rotatable bonds is 5. The highest BCUT2D eigenvalue weighted by atomic mass is 32.2. The lowest BCUT2D eigenvalue weighted by atomic mass is 10.0. The van der Waals surface area contributed by atoms with Gasteiger partial charge in [0.2, 0.25) is 0 Å². The predicted molar refractivity (Wildman–Crippen MR) is 75.9 cm³/mol. The largest absolute Gasteiger partial charge is 0.389 e. The van der Waals surface area contributed by atoms with E-state index in [1.807, 2.05) is 6.92 Å². The van der Waals surface area contributed by atoms with Gasteiger partial charge in [0.25, 0.3) is 10.0 Å². The van der Waals surface area contributed by atoms with Crippen LogP contribution in [0.5, 0.6) is 0 Å². The summed E-state index contributed by atoms with van der Waals surface area (Å²) < 4.78 is 28.0. The summed E-state index contributed by atoms with van der Waals surface area (Å²) in [5.74, 6) is 0.680. The van der Waals surface area contributed by atoms with Gasteiger partial charge < -0.3 is 9.67 Å². The van der Waals surface area contributed by atoms with Gasteiger partial charge in [0.15, 0.2) is 5.03 Å². The lowest BCUT2D eigenvalue weighted by Gasteiger charge is -2.27. The van der Waals surface area contributed by atoms with Crippen LogP contribution in [0.2, 0.25) is 0 Å². The molecule has 1 aromatic heterocycles. The number of hydrogen-bond donors (Lipinski definition) is 1. The molecule has 7 heteroatoms. The maximum atomic E-state index is 12.5. The first kappa shape index (κ1) is 15.5. The zero-order chi connectivity index (χ0) is 15.0. The highest BCUT2D eigenvalue weighted by Gasteiger charge is 2.36. The lowest BCUT2D eigenvalue weighted by molar-refractivity contribution is 0.0333. The minimum absolute atomic E-state index is 0.0564. The molecule has 0 atom stereocenters. The molecule has 1 N–H and O–H groups in total. The van der Waals surface area contributed by atoms with E-state index in [1.54, 1.807) is 17.7 Å². The molecule has 20 heavy (non-hydrogen) atoms. The number of aryl methyl sites for hydroxylation is 2. The van der Waals surface area contributed by atoms with E-state index in [2.05, 4.69) is 4.98 Å². The third-order valence-corrected chi connectivity index (χ3v) is 5.70. The van der Waals surface area contributed by atoms with Crippen molar-refractivity contribution in [1.82, 2.24) is 13.9 Å². The van der Waals surface area contributed by atoms with Gasteiger partial charge in [-0.2, -0.15) is 4.31 Å². The molecule has 0 aliphatic heterocycles. The molecule has 1 heterocycles. The van der Waals surface area contributed by atoms with Gasteiger partial charge in [-0.15, -0.1) is 0 Å². The summed E-state index contributed by atoms with van der Waals surface area (Å²) >= 11 is 0. The molecular formula is C13H23N3O3S. The van der Waals surface area contributed by atoms with Crippen LogP contribution in [0.1, 0.15) is 38.4 Å². The minimum atomic E-state index is -3.63. The molecule has 0 spiro atoms. The summed E-state index contributed by atoms with van der Waals surface area (Å²) in [5, 5.41) is 10.4. The average Bonchev–Trinajstić information content (AvgIpc) is 2.95. The fraction of sp³-hybridized carbons (Fsp3) is 0.769. The number of likely N-dealkylation sites (N-methyl/N-ethyl adjacent to an activating group) is 1. The summed E-state index contributed by atoms with van der Waals surface area (Å²) in [6.45, 7) is 4.54. The Balaban J connectivity index is 2.20. The van der Waals surface area contributed by atoms with E-state index in [-0.39, 0.29) is 11.6 Å². The average molecular weight is 301 g/mol. The monoisotopic (exact) mass is 301 g/mol. The third kappa shape index (κ3) is 2.89. The van der Waals surface area contributed by atoms with Gasteiger partial charge in [-0.25, -0.2) is 13.4 Å². The van der Waals surface area contributed by atoms with E-state index in [9.17, 15) is 13.5 Å². The molecule has 1 aromatic rings. The van der Waals surface area contributed by atoms with Crippen LogP contribution in [0.4, 0.5) is 0 Å². The van der Waals surface area contributed by atoms with Gasteiger partial charge in [0, 0.05) is 26.3 Å². The van der Waals surface area contributed by atoms with Gasteiger partial charge in [0.05, 0.1) is 5.60 Å². The van der Waals surface area contributed by atoms with Crippen molar-refractivity contribution in [1.29, 1.82) is 0 Å². The molecule has 1 aliphatic rings. The van der Waals surface area contributed by atoms with Gasteiger partial charge in [-0.3, -0.25) is 0 Å². The molecule has 1 saturated carbocycles. The zero-order valence-corrected chi connectivity index (χ0v) is 13.2. The maximum Gasteiger partial charge on any atom is 0.261 e. The molecule has 0 aromatic carbocycles. The third-order valence-electron chi connectivity index (χ3n) is 4.02. The molecule has 0 bridgehead atoms. The quantitative estimate of drug-likeness (QED) is 0.885. The van der Waals surface area contributed by atoms with Crippen molar-refractivity contribution in [3.05, 3.63) is 12.0 Å². The van der Waals surface area contributed by atoms with E-state index in [4.69, 9.17) is 0 Å². The second-order valence-corrected chi connectivity index (χ2v) is 7.60. The van der Waals surface area contributed by atoms with Crippen molar-refractivity contribution in [2.45, 2.75) is 56.7 Å². The smallest absolute Gasteiger partial charge is 0.261 e. The summed E-state index contributed by atoms with van der Waals surface area (Å²) in [5.41, 5.74) is -0.885. The highest BCUT2D eigenvalue weighted by Crippen LogP contribution is 2.31. The topological polar surface area (TPSA) is 75.4 Å². The summed E-state index contributed by atoms with van der Waals surface area (Å²) in [4.78, 5) is 4.12. The Bertz CT molecular complexity index is 574. The molecule has 1 fully saturated rings. The molecule has 0 radical (unpaired) electrons. The normalized spacial score (nSPS) is 18.9. The molecule has 0 amide bonds. The van der Waals surface area contributed by atoms with E-state index < -0.39 is 15.6 Å². The van der Waals surface area contributed by atoms with Crippen LogP contribution in [-0.4, -0.2) is 46.6 Å². The van der Waals surface area contributed by atoms with Crippen molar-refractivity contribution in [3.8, 4) is 0 Å². The van der Waals surface area contributed by atoms with Gasteiger partial charge in [-0.1, -0.05) is 12.8 Å². The molecule has 1 aliphatic carbocycles. The molecule has 6 nitrogen and oxygen atoms in total. The Morgan fingerprint density at radius 2 is 2.05 bits per heavy atom. The number of hydrogen-bond acceptors (Lipinski definition) is 4. The van der Waals surface area contributed by atoms with Crippen molar-refractivity contribution in [3.63, 3.8) is 0 Å². The lowest BCUT2D eigenvalue weighted by Crippen LogP contribution is -2.42. The predicted octanol–water partition coefficient (Wildman–Crippen LogP) is 1.14. The molecular weight excluding hydrogens is 278 g/mol. The summed E-state index contributed by atoms with van der Waals surface area (Å²) in [7, 11) is -2.13. The van der Waals surface area contributed by atoms with Gasteiger partial charge in [-0.05, 0) is 26.7 Å². The van der Waals surface area contributed by atoms with E-state index in [1.165, 1.54) is 11.4 Å². The summed E-state index contributed by atoms with van der Waals surface area (Å²) in [6, 6.07) is 0. The van der Waals surface area contributed by atoms with Crippen molar-refractivity contribution in [2.24, 2.45) is 0 Å². The number of aliphatic hydroxyl groups is 1. The van der Waals surface area contributed by atoms with Crippen LogP contribution in [-0.2, 0) is 16.6 Å². The Kier molecular flexibility index (Phi) is 4.22. The number of nitrogens with zero attached hydrogens (tertiary/aromatic N) is 3. The molecule has 0 unspecified atom stereocenters.